The van der Waals surface area contributed by atoms with Crippen molar-refractivity contribution in [3.8, 4) is 0 Å². The summed E-state index contributed by atoms with van der Waals surface area (Å²) in [7, 11) is 1.88. The summed E-state index contributed by atoms with van der Waals surface area (Å²) in [6, 6.07) is 10.8. The summed E-state index contributed by atoms with van der Waals surface area (Å²) in [6.45, 7) is 11.0. The summed E-state index contributed by atoms with van der Waals surface area (Å²) in [5, 5.41) is 0. The molecule has 0 saturated heterocycles. The molecular weight excluding hydrogens is 340 g/mol. The van der Waals surface area contributed by atoms with Gasteiger partial charge >= 0.3 is 0 Å². The number of methoxy groups -OCH3 is 1. The molecule has 1 aromatic rings. The molecule has 1 aromatic carbocycles. The van der Waals surface area contributed by atoms with Gasteiger partial charge in [0.15, 0.2) is 0 Å². The molecular formula is C27H40O. The highest BCUT2D eigenvalue weighted by Gasteiger charge is 2.37. The van der Waals surface area contributed by atoms with Crippen molar-refractivity contribution >= 4 is 0 Å². The van der Waals surface area contributed by atoms with Gasteiger partial charge in [0.25, 0.3) is 0 Å². The predicted octanol–water partition coefficient (Wildman–Crippen LogP) is 7.76. The molecule has 0 heterocycles. The van der Waals surface area contributed by atoms with Crippen LogP contribution in [0, 0.1) is 29.6 Å². The van der Waals surface area contributed by atoms with Crippen molar-refractivity contribution in [1.82, 2.24) is 0 Å². The van der Waals surface area contributed by atoms with Gasteiger partial charge in [-0.3, -0.25) is 0 Å². The molecule has 2 aliphatic rings. The number of hydrogen-bond acceptors (Lipinski definition) is 1. The molecule has 0 amide bonds. The zero-order chi connectivity index (χ0) is 19.9. The summed E-state index contributed by atoms with van der Waals surface area (Å²) in [6.07, 6.45) is 14.2. The Labute approximate surface area is 173 Å². The van der Waals surface area contributed by atoms with Gasteiger partial charge < -0.3 is 4.74 Å². The Morgan fingerprint density at radius 2 is 1.75 bits per heavy atom. The maximum Gasteiger partial charge on any atom is 0.0849 e. The number of hydrogen-bond donors (Lipinski definition) is 0. The largest absolute Gasteiger partial charge is 0.376 e. The van der Waals surface area contributed by atoms with Crippen LogP contribution in [0.3, 0.4) is 0 Å². The first-order valence-corrected chi connectivity index (χ1v) is 11.5. The predicted molar refractivity (Wildman–Crippen MR) is 120 cm³/mol. The van der Waals surface area contributed by atoms with E-state index in [9.17, 15) is 0 Å². The maximum absolute atomic E-state index is 6.03. The molecule has 0 aliphatic heterocycles. The maximum atomic E-state index is 6.03. The van der Waals surface area contributed by atoms with Gasteiger partial charge in [0.05, 0.1) is 6.10 Å². The van der Waals surface area contributed by atoms with E-state index in [1.807, 2.05) is 7.11 Å². The number of ether oxygens (including phenoxy) is 1. The molecule has 2 fully saturated rings. The van der Waals surface area contributed by atoms with Crippen LogP contribution >= 0.6 is 0 Å². The second kappa shape index (κ2) is 10.4. The topological polar surface area (TPSA) is 9.23 Å². The monoisotopic (exact) mass is 380 g/mol. The summed E-state index contributed by atoms with van der Waals surface area (Å²) in [4.78, 5) is 0. The van der Waals surface area contributed by atoms with E-state index < -0.39 is 0 Å². The van der Waals surface area contributed by atoms with Crippen molar-refractivity contribution in [3.05, 3.63) is 60.7 Å². The molecule has 0 spiro atoms. The van der Waals surface area contributed by atoms with Crippen LogP contribution in [-0.4, -0.2) is 7.11 Å². The minimum absolute atomic E-state index is 0.183. The first kappa shape index (κ1) is 21.4. The van der Waals surface area contributed by atoms with Crippen LogP contribution in [0.5, 0.6) is 0 Å². The lowest BCUT2D eigenvalue weighted by Crippen LogP contribution is -2.33. The van der Waals surface area contributed by atoms with E-state index in [2.05, 4.69) is 49.9 Å². The average molecular weight is 381 g/mol. The highest BCUT2D eigenvalue weighted by atomic mass is 16.5. The second-order valence-corrected chi connectivity index (χ2v) is 9.30. The van der Waals surface area contributed by atoms with E-state index in [4.69, 9.17) is 11.3 Å². The van der Waals surface area contributed by atoms with Gasteiger partial charge in [0, 0.05) is 7.11 Å². The van der Waals surface area contributed by atoms with Gasteiger partial charge in [-0.2, -0.15) is 0 Å². The third-order valence-corrected chi connectivity index (χ3v) is 7.70. The zero-order valence-electron chi connectivity index (χ0n) is 18.1. The zero-order valence-corrected chi connectivity index (χ0v) is 18.1. The van der Waals surface area contributed by atoms with Crippen LogP contribution in [-0.2, 0) is 4.74 Å². The molecule has 28 heavy (non-hydrogen) atoms. The van der Waals surface area contributed by atoms with Gasteiger partial charge in [-0.05, 0) is 80.1 Å². The Bertz CT molecular complexity index is 610. The molecule has 0 N–H and O–H groups in total. The van der Waals surface area contributed by atoms with E-state index in [1.165, 1.54) is 63.4 Å². The Kier molecular flexibility index (Phi) is 7.97. The third kappa shape index (κ3) is 4.98. The van der Waals surface area contributed by atoms with Crippen LogP contribution in [0.25, 0.3) is 0 Å². The summed E-state index contributed by atoms with van der Waals surface area (Å²) in [5.41, 5.74) is 2.88. The first-order chi connectivity index (χ1) is 13.7. The fourth-order valence-corrected chi connectivity index (χ4v) is 6.08. The minimum Gasteiger partial charge on any atom is -0.376 e. The lowest BCUT2D eigenvalue weighted by atomic mass is 9.64. The second-order valence-electron chi connectivity index (χ2n) is 9.30. The Balaban J connectivity index is 1.69. The van der Waals surface area contributed by atoms with Crippen LogP contribution in [0.4, 0.5) is 0 Å². The minimum atomic E-state index is 0.183. The SMILES string of the molecule is C=CCC1CCC(C(=C)C2CCCCC2C(C)C(OC)c2ccccc2)CC1. The molecule has 3 rings (SSSR count). The van der Waals surface area contributed by atoms with Crippen LogP contribution in [0.15, 0.2) is 55.1 Å². The molecule has 2 aliphatic carbocycles. The van der Waals surface area contributed by atoms with Crippen molar-refractivity contribution < 1.29 is 4.74 Å². The third-order valence-electron chi connectivity index (χ3n) is 7.70. The highest BCUT2D eigenvalue weighted by Crippen LogP contribution is 2.48. The molecule has 0 radical (unpaired) electrons. The van der Waals surface area contributed by atoms with E-state index in [0.717, 1.165) is 11.8 Å². The lowest BCUT2D eigenvalue weighted by molar-refractivity contribution is 0.0113. The molecule has 1 heteroatoms. The van der Waals surface area contributed by atoms with Crippen molar-refractivity contribution in [2.24, 2.45) is 29.6 Å². The molecule has 4 atom stereocenters. The van der Waals surface area contributed by atoms with Crippen molar-refractivity contribution in [2.75, 3.05) is 7.11 Å². The van der Waals surface area contributed by atoms with Gasteiger partial charge in [0.1, 0.15) is 0 Å². The summed E-state index contributed by atoms with van der Waals surface area (Å²) < 4.78 is 6.03. The Morgan fingerprint density at radius 1 is 1.07 bits per heavy atom. The van der Waals surface area contributed by atoms with Crippen LogP contribution in [0.1, 0.15) is 76.4 Å². The number of rotatable bonds is 8. The van der Waals surface area contributed by atoms with E-state index in [0.29, 0.717) is 17.8 Å². The molecule has 2 saturated carbocycles. The number of benzene rings is 1. The normalized spacial score (nSPS) is 30.4. The van der Waals surface area contributed by atoms with Crippen molar-refractivity contribution in [2.45, 2.75) is 70.8 Å². The standard InChI is InChI=1S/C27H40O/c1-5-11-22-16-18-23(19-17-22)20(2)25-14-9-10-15-26(25)21(3)27(28-4)24-12-7-6-8-13-24/h5-8,12-13,21-23,25-27H,1-2,9-11,14-19H2,3-4H3. The lowest BCUT2D eigenvalue weighted by Gasteiger charge is -2.42. The van der Waals surface area contributed by atoms with Gasteiger partial charge in [0.2, 0.25) is 0 Å². The smallest absolute Gasteiger partial charge is 0.0849 e. The van der Waals surface area contributed by atoms with E-state index in [1.54, 1.807) is 5.57 Å². The van der Waals surface area contributed by atoms with Gasteiger partial charge in [-0.1, -0.05) is 68.3 Å². The van der Waals surface area contributed by atoms with Gasteiger partial charge in [-0.25, -0.2) is 0 Å². The molecule has 4 unspecified atom stereocenters. The molecule has 154 valence electrons. The first-order valence-electron chi connectivity index (χ1n) is 11.5. The van der Waals surface area contributed by atoms with E-state index in [-0.39, 0.29) is 6.10 Å². The Morgan fingerprint density at radius 3 is 2.39 bits per heavy atom. The molecule has 0 aromatic heterocycles. The Hall–Kier alpha value is -1.34. The summed E-state index contributed by atoms with van der Waals surface area (Å²) >= 11 is 0. The van der Waals surface area contributed by atoms with Crippen molar-refractivity contribution in [1.29, 1.82) is 0 Å². The fraction of sp³-hybridized carbons (Fsp3) is 0.630. The average Bonchev–Trinajstić information content (AvgIpc) is 2.75. The van der Waals surface area contributed by atoms with Crippen LogP contribution < -0.4 is 0 Å². The van der Waals surface area contributed by atoms with Crippen LogP contribution in [0.2, 0.25) is 0 Å². The number of allylic oxidation sites excluding steroid dienone is 2. The molecule has 1 nitrogen and oxygen atoms in total. The van der Waals surface area contributed by atoms with Gasteiger partial charge in [-0.15, -0.1) is 6.58 Å². The van der Waals surface area contributed by atoms with E-state index >= 15 is 0 Å². The summed E-state index contributed by atoms with van der Waals surface area (Å²) in [5.74, 6) is 3.48. The quantitative estimate of drug-likeness (QED) is 0.419. The molecule has 0 bridgehead atoms. The fourth-order valence-electron chi connectivity index (χ4n) is 6.08. The highest BCUT2D eigenvalue weighted by molar-refractivity contribution is 5.19. The van der Waals surface area contributed by atoms with Crippen molar-refractivity contribution in [3.63, 3.8) is 0 Å².